The van der Waals surface area contributed by atoms with Crippen LogP contribution in [0.5, 0.6) is 0 Å². The number of nitrogens with zero attached hydrogens (tertiary/aromatic N) is 4. The molecule has 0 saturated heterocycles. The molecule has 10 heteroatoms. The van der Waals surface area contributed by atoms with Crippen LogP contribution in [-0.4, -0.2) is 35.9 Å². The SMILES string of the molecule is C[C@H](NC(=O)c1cc(C(=O)O)n2ccnc2n1)c1ccc2oc(=O)n(C)c2c1. The van der Waals surface area contributed by atoms with E-state index in [9.17, 15) is 19.5 Å². The fourth-order valence-electron chi connectivity index (χ4n) is 2.95. The van der Waals surface area contributed by atoms with Gasteiger partial charge in [0.05, 0.1) is 11.6 Å². The highest BCUT2D eigenvalue weighted by Crippen LogP contribution is 2.20. The van der Waals surface area contributed by atoms with E-state index < -0.39 is 23.7 Å². The van der Waals surface area contributed by atoms with Gasteiger partial charge in [-0.1, -0.05) is 6.07 Å². The van der Waals surface area contributed by atoms with Gasteiger partial charge in [0.25, 0.3) is 5.91 Å². The molecule has 142 valence electrons. The molecule has 4 aromatic rings. The van der Waals surface area contributed by atoms with E-state index >= 15 is 0 Å². The number of hydrogen-bond acceptors (Lipinski definition) is 6. The van der Waals surface area contributed by atoms with Crippen LogP contribution in [-0.2, 0) is 7.05 Å². The van der Waals surface area contributed by atoms with Crippen LogP contribution in [0.15, 0.2) is 45.9 Å². The molecule has 0 radical (unpaired) electrons. The number of aryl methyl sites for hydroxylation is 1. The van der Waals surface area contributed by atoms with Gasteiger partial charge < -0.3 is 14.8 Å². The molecule has 0 spiro atoms. The monoisotopic (exact) mass is 381 g/mol. The molecular formula is C18H15N5O5. The van der Waals surface area contributed by atoms with Crippen LogP contribution in [0.2, 0.25) is 0 Å². The van der Waals surface area contributed by atoms with Crippen molar-refractivity contribution in [1.82, 2.24) is 24.3 Å². The van der Waals surface area contributed by atoms with E-state index in [0.29, 0.717) is 11.1 Å². The number of imidazole rings is 1. The van der Waals surface area contributed by atoms with E-state index in [1.54, 1.807) is 32.2 Å². The second-order valence-electron chi connectivity index (χ2n) is 6.28. The zero-order chi connectivity index (χ0) is 20.0. The van der Waals surface area contributed by atoms with Crippen LogP contribution in [0, 0.1) is 0 Å². The van der Waals surface area contributed by atoms with E-state index in [1.165, 1.54) is 27.4 Å². The number of aromatic nitrogens is 4. The van der Waals surface area contributed by atoms with E-state index in [1.807, 2.05) is 0 Å². The minimum absolute atomic E-state index is 0.0558. The van der Waals surface area contributed by atoms with Crippen molar-refractivity contribution in [2.75, 3.05) is 0 Å². The number of rotatable bonds is 4. The lowest BCUT2D eigenvalue weighted by Crippen LogP contribution is -2.28. The first kappa shape index (κ1) is 17.5. The smallest absolute Gasteiger partial charge is 0.419 e. The summed E-state index contributed by atoms with van der Waals surface area (Å²) < 4.78 is 7.76. The Labute approximate surface area is 157 Å². The number of hydrogen-bond donors (Lipinski definition) is 2. The van der Waals surface area contributed by atoms with Crippen molar-refractivity contribution in [3.8, 4) is 0 Å². The number of fused-ring (bicyclic) bond motifs is 2. The third-order valence-corrected chi connectivity index (χ3v) is 4.49. The molecule has 4 rings (SSSR count). The summed E-state index contributed by atoms with van der Waals surface area (Å²) in [6.07, 6.45) is 2.87. The molecule has 0 bridgehead atoms. The van der Waals surface area contributed by atoms with Gasteiger partial charge in [0, 0.05) is 25.5 Å². The van der Waals surface area contributed by atoms with Gasteiger partial charge in [0.15, 0.2) is 5.58 Å². The minimum atomic E-state index is -1.20. The lowest BCUT2D eigenvalue weighted by atomic mass is 10.1. The van der Waals surface area contributed by atoms with Gasteiger partial charge in [-0.05, 0) is 24.6 Å². The summed E-state index contributed by atoms with van der Waals surface area (Å²) >= 11 is 0. The quantitative estimate of drug-likeness (QED) is 0.545. The standard InChI is InChI=1S/C18H15N5O5/c1-9(10-3-4-14-12(7-10)22(2)18(27)28-14)20-15(24)11-8-13(16(25)26)23-6-5-19-17(23)21-11/h3-9H,1-2H3,(H,20,24)(H,25,26)/t9-/m0/s1. The Kier molecular flexibility index (Phi) is 3.95. The van der Waals surface area contributed by atoms with Crippen LogP contribution in [0.1, 0.15) is 39.5 Å². The molecule has 0 unspecified atom stereocenters. The zero-order valence-corrected chi connectivity index (χ0v) is 14.9. The van der Waals surface area contributed by atoms with Gasteiger partial charge in [-0.2, -0.15) is 0 Å². The van der Waals surface area contributed by atoms with Crippen LogP contribution in [0.4, 0.5) is 0 Å². The van der Waals surface area contributed by atoms with Crippen molar-refractivity contribution >= 4 is 28.8 Å². The molecule has 1 amide bonds. The lowest BCUT2D eigenvalue weighted by molar-refractivity contribution is 0.0688. The van der Waals surface area contributed by atoms with Crippen LogP contribution in [0.3, 0.4) is 0 Å². The minimum Gasteiger partial charge on any atom is -0.477 e. The molecule has 3 aromatic heterocycles. The van der Waals surface area contributed by atoms with Gasteiger partial charge in [0.2, 0.25) is 5.78 Å². The molecule has 1 atom stereocenters. The Bertz CT molecular complexity index is 1300. The summed E-state index contributed by atoms with van der Waals surface area (Å²) in [7, 11) is 1.60. The van der Waals surface area contributed by atoms with Crippen molar-refractivity contribution in [3.63, 3.8) is 0 Å². The predicted octanol–water partition coefficient (Wildman–Crippen LogP) is 1.36. The summed E-state index contributed by atoms with van der Waals surface area (Å²) in [6, 6.07) is 5.92. The first-order valence-corrected chi connectivity index (χ1v) is 8.33. The molecule has 10 nitrogen and oxygen atoms in total. The maximum absolute atomic E-state index is 12.6. The summed E-state index contributed by atoms with van der Waals surface area (Å²) in [5.41, 5.74) is 1.63. The van der Waals surface area contributed by atoms with Gasteiger partial charge >= 0.3 is 11.7 Å². The van der Waals surface area contributed by atoms with Gasteiger partial charge in [-0.15, -0.1) is 0 Å². The van der Waals surface area contributed by atoms with Crippen LogP contribution >= 0.6 is 0 Å². The van der Waals surface area contributed by atoms with Crippen molar-refractivity contribution in [3.05, 3.63) is 64.2 Å². The van der Waals surface area contributed by atoms with Crippen molar-refractivity contribution < 1.29 is 19.1 Å². The number of carboxylic acids is 1. The number of nitrogens with one attached hydrogen (secondary N) is 1. The average Bonchev–Trinajstić information content (AvgIpc) is 3.25. The molecule has 0 saturated carbocycles. The van der Waals surface area contributed by atoms with E-state index in [2.05, 4.69) is 15.3 Å². The third kappa shape index (κ3) is 2.80. The Balaban J connectivity index is 1.64. The Morgan fingerprint density at radius 1 is 1.29 bits per heavy atom. The number of aromatic carboxylic acids is 1. The summed E-state index contributed by atoms with van der Waals surface area (Å²) in [5, 5.41) is 12.1. The van der Waals surface area contributed by atoms with Crippen molar-refractivity contribution in [1.29, 1.82) is 0 Å². The van der Waals surface area contributed by atoms with E-state index in [0.717, 1.165) is 5.56 Å². The average molecular weight is 381 g/mol. The molecule has 0 fully saturated rings. The zero-order valence-electron chi connectivity index (χ0n) is 14.9. The fraction of sp³-hybridized carbons (Fsp3) is 0.167. The second-order valence-corrected chi connectivity index (χ2v) is 6.28. The second kappa shape index (κ2) is 6.34. The highest BCUT2D eigenvalue weighted by atomic mass is 16.4. The molecule has 1 aromatic carbocycles. The topological polar surface area (TPSA) is 132 Å². The number of oxazole rings is 1. The number of carbonyl (C=O) groups excluding carboxylic acids is 1. The molecule has 3 heterocycles. The highest BCUT2D eigenvalue weighted by molar-refractivity contribution is 5.96. The van der Waals surface area contributed by atoms with Crippen LogP contribution < -0.4 is 11.1 Å². The maximum Gasteiger partial charge on any atom is 0.419 e. The third-order valence-electron chi connectivity index (χ3n) is 4.49. The summed E-state index contributed by atoms with van der Waals surface area (Å²) in [5.74, 6) is -2.09. The van der Waals surface area contributed by atoms with Gasteiger partial charge in [-0.25, -0.2) is 19.6 Å². The largest absolute Gasteiger partial charge is 0.477 e. The number of amides is 1. The van der Waals surface area contributed by atoms with E-state index in [-0.39, 0.29) is 17.2 Å². The summed E-state index contributed by atoms with van der Waals surface area (Å²) in [6.45, 7) is 1.77. The fourth-order valence-corrected chi connectivity index (χ4v) is 2.95. The number of carboxylic acid groups (broad SMARTS) is 1. The van der Waals surface area contributed by atoms with Gasteiger partial charge in [0.1, 0.15) is 11.4 Å². The Morgan fingerprint density at radius 3 is 2.82 bits per heavy atom. The maximum atomic E-state index is 12.6. The molecule has 0 aliphatic rings. The molecule has 0 aliphatic carbocycles. The molecule has 2 N–H and O–H groups in total. The van der Waals surface area contributed by atoms with Crippen LogP contribution in [0.25, 0.3) is 16.9 Å². The molecule has 28 heavy (non-hydrogen) atoms. The highest BCUT2D eigenvalue weighted by Gasteiger charge is 2.19. The molecule has 0 aliphatic heterocycles. The van der Waals surface area contributed by atoms with Crippen molar-refractivity contribution in [2.24, 2.45) is 7.05 Å². The first-order valence-electron chi connectivity index (χ1n) is 8.33. The number of carbonyl (C=O) groups is 2. The lowest BCUT2D eigenvalue weighted by Gasteiger charge is -2.14. The summed E-state index contributed by atoms with van der Waals surface area (Å²) in [4.78, 5) is 43.8. The van der Waals surface area contributed by atoms with Crippen molar-refractivity contribution in [2.45, 2.75) is 13.0 Å². The molecular weight excluding hydrogens is 366 g/mol. The number of benzene rings is 1. The Hall–Kier alpha value is -3.95. The Morgan fingerprint density at radius 2 is 2.07 bits per heavy atom. The van der Waals surface area contributed by atoms with Gasteiger partial charge in [-0.3, -0.25) is 13.8 Å². The first-order chi connectivity index (χ1) is 13.3. The predicted molar refractivity (Wildman–Crippen MR) is 97.3 cm³/mol. The normalized spacial score (nSPS) is 12.4. The van der Waals surface area contributed by atoms with E-state index in [4.69, 9.17) is 4.42 Å².